The van der Waals surface area contributed by atoms with Gasteiger partial charge in [-0.1, -0.05) is 6.92 Å². The zero-order valence-electron chi connectivity index (χ0n) is 12.5. The topological polar surface area (TPSA) is 58.3 Å². The summed E-state index contributed by atoms with van der Waals surface area (Å²) in [5.41, 5.74) is 8.13. The third-order valence-corrected chi connectivity index (χ3v) is 4.04. The molecule has 2 heterocycles. The smallest absolute Gasteiger partial charge is 0.132 e. The van der Waals surface area contributed by atoms with E-state index in [1.807, 2.05) is 6.92 Å². The first kappa shape index (κ1) is 14.2. The molecular weight excluding hydrogens is 238 g/mol. The second-order valence-electron chi connectivity index (χ2n) is 5.54. The molecule has 1 saturated heterocycles. The molecule has 5 heteroatoms. The maximum atomic E-state index is 6.02. The maximum absolute atomic E-state index is 6.02. The van der Waals surface area contributed by atoms with E-state index in [4.69, 9.17) is 5.73 Å². The van der Waals surface area contributed by atoms with E-state index in [2.05, 4.69) is 40.8 Å². The van der Waals surface area contributed by atoms with Crippen LogP contribution in [0.4, 0.5) is 5.82 Å². The molecule has 0 spiro atoms. The summed E-state index contributed by atoms with van der Waals surface area (Å²) in [4.78, 5) is 13.9. The standard InChI is InChI=1S/C14H25N5/c1-5-12-10(2)16-13(17-14(12)15)8-11-9-18(3)6-7-19(11)4/h11H,5-9H2,1-4H3,(H2,15,16,17). The number of likely N-dealkylation sites (N-methyl/N-ethyl adjacent to an activating group) is 2. The fourth-order valence-electron chi connectivity index (χ4n) is 2.74. The number of hydrogen-bond acceptors (Lipinski definition) is 5. The summed E-state index contributed by atoms with van der Waals surface area (Å²) < 4.78 is 0. The molecule has 106 valence electrons. The highest BCUT2D eigenvalue weighted by atomic mass is 15.3. The molecule has 1 unspecified atom stereocenters. The van der Waals surface area contributed by atoms with Crippen LogP contribution in [-0.2, 0) is 12.8 Å². The molecule has 0 amide bonds. The number of aromatic nitrogens is 2. The van der Waals surface area contributed by atoms with Crippen LogP contribution >= 0.6 is 0 Å². The van der Waals surface area contributed by atoms with Crippen molar-refractivity contribution in [2.45, 2.75) is 32.7 Å². The van der Waals surface area contributed by atoms with Gasteiger partial charge in [-0.05, 0) is 27.4 Å². The molecule has 5 nitrogen and oxygen atoms in total. The number of hydrogen-bond donors (Lipinski definition) is 1. The van der Waals surface area contributed by atoms with Crippen LogP contribution in [0.5, 0.6) is 0 Å². The van der Waals surface area contributed by atoms with Crippen LogP contribution in [0.3, 0.4) is 0 Å². The highest BCUT2D eigenvalue weighted by Crippen LogP contribution is 2.16. The van der Waals surface area contributed by atoms with Gasteiger partial charge in [0.25, 0.3) is 0 Å². The fourth-order valence-corrected chi connectivity index (χ4v) is 2.74. The Kier molecular flexibility index (Phi) is 4.37. The number of aryl methyl sites for hydroxylation is 1. The Morgan fingerprint density at radius 1 is 1.26 bits per heavy atom. The Bertz CT molecular complexity index is 422. The van der Waals surface area contributed by atoms with Gasteiger partial charge in [0.05, 0.1) is 0 Å². The van der Waals surface area contributed by atoms with Crippen molar-refractivity contribution in [1.82, 2.24) is 19.8 Å². The van der Waals surface area contributed by atoms with Gasteiger partial charge in [-0.3, -0.25) is 0 Å². The van der Waals surface area contributed by atoms with E-state index >= 15 is 0 Å². The summed E-state index contributed by atoms with van der Waals surface area (Å²) >= 11 is 0. The maximum Gasteiger partial charge on any atom is 0.132 e. The van der Waals surface area contributed by atoms with Crippen LogP contribution in [0.25, 0.3) is 0 Å². The van der Waals surface area contributed by atoms with Crippen molar-refractivity contribution in [1.29, 1.82) is 0 Å². The van der Waals surface area contributed by atoms with Gasteiger partial charge in [0, 0.05) is 43.4 Å². The lowest BCUT2D eigenvalue weighted by Gasteiger charge is -2.37. The zero-order chi connectivity index (χ0) is 14.0. The lowest BCUT2D eigenvalue weighted by Crippen LogP contribution is -2.51. The van der Waals surface area contributed by atoms with Gasteiger partial charge in [0.1, 0.15) is 11.6 Å². The Labute approximate surface area is 115 Å². The largest absolute Gasteiger partial charge is 0.383 e. The van der Waals surface area contributed by atoms with Gasteiger partial charge < -0.3 is 15.5 Å². The predicted octanol–water partition coefficient (Wildman–Crippen LogP) is 0.718. The monoisotopic (exact) mass is 263 g/mol. The molecule has 0 aliphatic carbocycles. The molecule has 1 atom stereocenters. The molecular formula is C14H25N5. The molecule has 1 fully saturated rings. The van der Waals surface area contributed by atoms with E-state index < -0.39 is 0 Å². The van der Waals surface area contributed by atoms with Crippen molar-refractivity contribution in [2.75, 3.05) is 39.5 Å². The lowest BCUT2D eigenvalue weighted by molar-refractivity contribution is 0.113. The molecule has 0 saturated carbocycles. The molecule has 0 aromatic carbocycles. The molecule has 19 heavy (non-hydrogen) atoms. The fraction of sp³-hybridized carbons (Fsp3) is 0.714. The first-order valence-electron chi connectivity index (χ1n) is 7.02. The van der Waals surface area contributed by atoms with E-state index in [9.17, 15) is 0 Å². The summed E-state index contributed by atoms with van der Waals surface area (Å²) in [7, 11) is 4.34. The van der Waals surface area contributed by atoms with Crippen molar-refractivity contribution in [3.63, 3.8) is 0 Å². The number of anilines is 1. The molecule has 2 N–H and O–H groups in total. The second-order valence-corrected chi connectivity index (χ2v) is 5.54. The number of nitrogens with two attached hydrogens (primary N) is 1. The predicted molar refractivity (Wildman–Crippen MR) is 78.2 cm³/mol. The average Bonchev–Trinajstić information content (AvgIpc) is 2.33. The van der Waals surface area contributed by atoms with E-state index in [-0.39, 0.29) is 0 Å². The van der Waals surface area contributed by atoms with Gasteiger partial charge in [0.15, 0.2) is 0 Å². The van der Waals surface area contributed by atoms with Gasteiger partial charge in [-0.25, -0.2) is 9.97 Å². The van der Waals surface area contributed by atoms with Crippen LogP contribution in [0.15, 0.2) is 0 Å². The highest BCUT2D eigenvalue weighted by molar-refractivity contribution is 5.41. The SMILES string of the molecule is CCc1c(C)nc(CC2CN(C)CCN2C)nc1N. The van der Waals surface area contributed by atoms with Gasteiger partial charge in [-0.15, -0.1) is 0 Å². The molecule has 1 aromatic heterocycles. The lowest BCUT2D eigenvalue weighted by atomic mass is 10.1. The molecule has 2 rings (SSSR count). The van der Waals surface area contributed by atoms with Crippen molar-refractivity contribution in [2.24, 2.45) is 0 Å². The molecule has 1 aliphatic heterocycles. The van der Waals surface area contributed by atoms with Crippen molar-refractivity contribution >= 4 is 5.82 Å². The Morgan fingerprint density at radius 2 is 2.00 bits per heavy atom. The summed E-state index contributed by atoms with van der Waals surface area (Å²) in [6, 6.07) is 0.477. The van der Waals surface area contributed by atoms with E-state index in [1.54, 1.807) is 0 Å². The zero-order valence-corrected chi connectivity index (χ0v) is 12.5. The normalized spacial score (nSPS) is 21.8. The minimum atomic E-state index is 0.477. The summed E-state index contributed by atoms with van der Waals surface area (Å²) in [6.07, 6.45) is 1.76. The summed E-state index contributed by atoms with van der Waals surface area (Å²) in [5.74, 6) is 1.52. The number of piperazine rings is 1. The number of rotatable bonds is 3. The number of nitrogen functional groups attached to an aromatic ring is 1. The van der Waals surface area contributed by atoms with Crippen LogP contribution < -0.4 is 5.73 Å². The van der Waals surface area contributed by atoms with Gasteiger partial charge in [0.2, 0.25) is 0 Å². The summed E-state index contributed by atoms with van der Waals surface area (Å²) in [6.45, 7) is 7.41. The Hall–Kier alpha value is -1.20. The third-order valence-electron chi connectivity index (χ3n) is 4.04. The first-order chi connectivity index (χ1) is 9.01. The Balaban J connectivity index is 2.14. The molecule has 0 radical (unpaired) electrons. The first-order valence-corrected chi connectivity index (χ1v) is 7.02. The minimum Gasteiger partial charge on any atom is -0.383 e. The molecule has 0 bridgehead atoms. The summed E-state index contributed by atoms with van der Waals surface area (Å²) in [5, 5.41) is 0. The van der Waals surface area contributed by atoms with Crippen LogP contribution in [0.2, 0.25) is 0 Å². The third kappa shape index (κ3) is 3.22. The average molecular weight is 263 g/mol. The van der Waals surface area contributed by atoms with Crippen molar-refractivity contribution in [3.8, 4) is 0 Å². The Morgan fingerprint density at radius 3 is 2.63 bits per heavy atom. The van der Waals surface area contributed by atoms with Gasteiger partial charge >= 0.3 is 0 Å². The minimum absolute atomic E-state index is 0.477. The quantitative estimate of drug-likeness (QED) is 0.871. The van der Waals surface area contributed by atoms with E-state index in [0.717, 1.165) is 49.6 Å². The van der Waals surface area contributed by atoms with Crippen molar-refractivity contribution < 1.29 is 0 Å². The van der Waals surface area contributed by atoms with Crippen LogP contribution in [0, 0.1) is 6.92 Å². The van der Waals surface area contributed by atoms with E-state index in [0.29, 0.717) is 11.9 Å². The second kappa shape index (κ2) is 5.84. The highest BCUT2D eigenvalue weighted by Gasteiger charge is 2.23. The molecule has 1 aromatic rings. The molecule has 1 aliphatic rings. The van der Waals surface area contributed by atoms with Crippen LogP contribution in [-0.4, -0.2) is 59.5 Å². The van der Waals surface area contributed by atoms with Crippen LogP contribution in [0.1, 0.15) is 24.0 Å². The van der Waals surface area contributed by atoms with Gasteiger partial charge in [-0.2, -0.15) is 0 Å². The number of nitrogens with zero attached hydrogens (tertiary/aromatic N) is 4. The van der Waals surface area contributed by atoms with Crippen molar-refractivity contribution in [3.05, 3.63) is 17.1 Å². The van der Waals surface area contributed by atoms with E-state index in [1.165, 1.54) is 0 Å².